The van der Waals surface area contributed by atoms with Gasteiger partial charge in [0.05, 0.1) is 13.2 Å². The van der Waals surface area contributed by atoms with E-state index in [2.05, 4.69) is 11.8 Å². The second kappa shape index (κ2) is 4.66. The van der Waals surface area contributed by atoms with Gasteiger partial charge < -0.3 is 9.67 Å². The van der Waals surface area contributed by atoms with E-state index in [0.717, 1.165) is 18.7 Å². The number of benzene rings is 1. The predicted molar refractivity (Wildman–Crippen MR) is 78.4 cm³/mol. The van der Waals surface area contributed by atoms with Crippen LogP contribution in [0.5, 0.6) is 0 Å². The molecule has 3 rings (SSSR count). The number of hydrogen-bond donors (Lipinski definition) is 1. The lowest BCUT2D eigenvalue weighted by atomic mass is 9.74. The number of hydrogen-bond acceptors (Lipinski definition) is 3. The van der Waals surface area contributed by atoms with Gasteiger partial charge in [0.15, 0.2) is 0 Å². The molecule has 3 nitrogen and oxygen atoms in total. The van der Waals surface area contributed by atoms with Gasteiger partial charge in [0.1, 0.15) is 5.82 Å². The zero-order valence-electron chi connectivity index (χ0n) is 11.9. The number of aliphatic hydroxyl groups excluding tert-OH is 1. The van der Waals surface area contributed by atoms with Crippen LogP contribution >= 0.6 is 7.14 Å². The number of nitrogens with zero attached hydrogens (tertiary/aromatic N) is 1. The molecule has 2 heterocycles. The van der Waals surface area contributed by atoms with Crippen LogP contribution < -0.4 is 0 Å². The zero-order valence-corrected chi connectivity index (χ0v) is 12.8. The van der Waals surface area contributed by atoms with Gasteiger partial charge in [0.2, 0.25) is 0 Å². The molecule has 2 fully saturated rings. The molecule has 1 aromatic carbocycles. The predicted octanol–water partition coefficient (Wildman–Crippen LogP) is 2.13. The Bertz CT molecular complexity index is 571. The molecule has 20 heavy (non-hydrogen) atoms. The Morgan fingerprint density at radius 1 is 1.35 bits per heavy atom. The third-order valence-corrected chi connectivity index (χ3v) is 6.98. The highest BCUT2D eigenvalue weighted by Gasteiger charge is 2.50. The van der Waals surface area contributed by atoms with Gasteiger partial charge in [-0.05, 0) is 18.3 Å². The molecule has 2 aliphatic heterocycles. The lowest BCUT2D eigenvalue weighted by molar-refractivity contribution is -0.00623. The largest absolute Gasteiger partial charge is 0.391 e. The maximum atomic E-state index is 13.9. The van der Waals surface area contributed by atoms with Gasteiger partial charge in [0, 0.05) is 36.9 Å². The van der Waals surface area contributed by atoms with Crippen LogP contribution in [0.2, 0.25) is 0 Å². The van der Waals surface area contributed by atoms with Crippen molar-refractivity contribution in [3.05, 3.63) is 35.6 Å². The molecule has 0 amide bonds. The molecule has 3 atom stereocenters. The second-order valence-electron chi connectivity index (χ2n) is 6.74. The highest BCUT2D eigenvalue weighted by Crippen LogP contribution is 2.51. The van der Waals surface area contributed by atoms with Crippen molar-refractivity contribution in [3.63, 3.8) is 0 Å². The smallest absolute Gasteiger partial charge is 0.127 e. The Morgan fingerprint density at radius 2 is 2.00 bits per heavy atom. The van der Waals surface area contributed by atoms with Crippen molar-refractivity contribution in [2.45, 2.75) is 24.5 Å². The van der Waals surface area contributed by atoms with Crippen LogP contribution in [-0.4, -0.2) is 54.2 Å². The highest BCUT2D eigenvalue weighted by molar-refractivity contribution is 7.63. The number of aliphatic hydroxyl groups is 1. The van der Waals surface area contributed by atoms with Gasteiger partial charge >= 0.3 is 0 Å². The summed E-state index contributed by atoms with van der Waals surface area (Å²) in [5, 5.41) is 10.1. The fourth-order valence-electron chi connectivity index (χ4n) is 3.67. The molecule has 0 saturated carbocycles. The molecule has 1 N–H and O–H groups in total. The van der Waals surface area contributed by atoms with Crippen molar-refractivity contribution in [2.24, 2.45) is 0 Å². The first kappa shape index (κ1) is 14.2. The first-order valence-corrected chi connectivity index (χ1v) is 9.56. The quantitative estimate of drug-likeness (QED) is 0.850. The minimum atomic E-state index is -2.18. The third kappa shape index (κ3) is 2.34. The summed E-state index contributed by atoms with van der Waals surface area (Å²) in [5.74, 6) is -0.164. The van der Waals surface area contributed by atoms with E-state index < -0.39 is 13.2 Å². The average Bonchev–Trinajstić information content (AvgIpc) is 2.59. The summed E-state index contributed by atoms with van der Waals surface area (Å²) in [5.41, 5.74) is 0.536. The van der Waals surface area contributed by atoms with Crippen molar-refractivity contribution in [2.75, 3.05) is 32.1 Å². The van der Waals surface area contributed by atoms with E-state index in [1.807, 2.05) is 12.1 Å². The molecular weight excluding hydrogens is 276 g/mol. The topological polar surface area (TPSA) is 40.5 Å². The fraction of sp³-hybridized carbons (Fsp3) is 0.600. The lowest BCUT2D eigenvalue weighted by Crippen LogP contribution is -2.63. The second-order valence-corrected chi connectivity index (χ2v) is 10.1. The zero-order chi connectivity index (χ0) is 14.5. The van der Waals surface area contributed by atoms with Gasteiger partial charge in [-0.2, -0.15) is 0 Å². The monoisotopic (exact) mass is 297 g/mol. The molecule has 0 unspecified atom stereocenters. The summed E-state index contributed by atoms with van der Waals surface area (Å²) in [4.78, 5) is 2.15. The van der Waals surface area contributed by atoms with Crippen molar-refractivity contribution in [3.8, 4) is 0 Å². The molecule has 0 aromatic heterocycles. The van der Waals surface area contributed by atoms with Gasteiger partial charge in [-0.25, -0.2) is 4.39 Å². The third-order valence-electron chi connectivity index (χ3n) is 4.69. The van der Waals surface area contributed by atoms with E-state index in [1.54, 1.807) is 12.7 Å². The number of likely N-dealkylation sites (tertiary alicyclic amines) is 1. The highest BCUT2D eigenvalue weighted by atomic mass is 31.2. The van der Waals surface area contributed by atoms with Crippen LogP contribution in [0.15, 0.2) is 24.3 Å². The molecular formula is C15H21FNO2P. The minimum absolute atomic E-state index is 0.0225. The van der Waals surface area contributed by atoms with E-state index in [4.69, 9.17) is 0 Å². The summed E-state index contributed by atoms with van der Waals surface area (Å²) >= 11 is 0. The Hall–Kier alpha value is -0.700. The molecule has 2 saturated heterocycles. The Labute approximate surface area is 119 Å². The Morgan fingerprint density at radius 3 is 2.55 bits per heavy atom. The average molecular weight is 297 g/mol. The van der Waals surface area contributed by atoms with Crippen molar-refractivity contribution in [1.29, 1.82) is 0 Å². The maximum absolute atomic E-state index is 13.9. The first-order valence-electron chi connectivity index (χ1n) is 7.03. The summed E-state index contributed by atoms with van der Waals surface area (Å²) in [6.07, 6.45) is 0.502. The van der Waals surface area contributed by atoms with Crippen LogP contribution in [-0.2, 0) is 9.98 Å². The van der Waals surface area contributed by atoms with Crippen LogP contribution in [0.1, 0.15) is 12.5 Å². The fourth-order valence-corrected chi connectivity index (χ4v) is 6.12. The van der Waals surface area contributed by atoms with Gasteiger partial charge in [-0.3, -0.25) is 4.90 Å². The Balaban J connectivity index is 1.73. The van der Waals surface area contributed by atoms with E-state index in [9.17, 15) is 14.1 Å². The van der Waals surface area contributed by atoms with Crippen molar-refractivity contribution >= 4 is 7.14 Å². The number of rotatable bonds is 2. The van der Waals surface area contributed by atoms with Crippen LogP contribution in [0, 0.1) is 5.82 Å². The van der Waals surface area contributed by atoms with Crippen LogP contribution in [0.25, 0.3) is 0 Å². The van der Waals surface area contributed by atoms with E-state index in [0.29, 0.717) is 12.3 Å². The SMILES string of the molecule is CC1(c2ccccc2F)CN([C@@H]2C[P@](C)(=O)C[C@H]2O)C1. The summed E-state index contributed by atoms with van der Waals surface area (Å²) in [6, 6.07) is 6.87. The molecule has 0 aliphatic carbocycles. The number of halogens is 1. The maximum Gasteiger partial charge on any atom is 0.127 e. The molecule has 0 bridgehead atoms. The Kier molecular flexibility index (Phi) is 3.32. The van der Waals surface area contributed by atoms with Gasteiger partial charge in [0.25, 0.3) is 0 Å². The normalized spacial score (nSPS) is 36.8. The minimum Gasteiger partial charge on any atom is -0.391 e. The lowest BCUT2D eigenvalue weighted by Gasteiger charge is -2.51. The van der Waals surface area contributed by atoms with Crippen LogP contribution in [0.4, 0.5) is 4.39 Å². The standard InChI is InChI=1S/C15H21FNO2P/c1-15(11-5-3-4-6-12(11)16)9-17(10-15)13-7-20(2,19)8-14(13)18/h3-6,13-14,18H,7-10H2,1-2H3/t13-,14-,20+/m1/s1. The summed E-state index contributed by atoms with van der Waals surface area (Å²) < 4.78 is 26.0. The molecule has 0 radical (unpaired) electrons. The van der Waals surface area contributed by atoms with Gasteiger partial charge in [-0.15, -0.1) is 0 Å². The van der Waals surface area contributed by atoms with E-state index in [1.165, 1.54) is 6.07 Å². The van der Waals surface area contributed by atoms with Gasteiger partial charge in [-0.1, -0.05) is 25.1 Å². The molecule has 1 aromatic rings. The molecule has 5 heteroatoms. The molecule has 2 aliphatic rings. The van der Waals surface area contributed by atoms with Crippen LogP contribution in [0.3, 0.4) is 0 Å². The summed E-state index contributed by atoms with van der Waals surface area (Å²) in [7, 11) is -2.18. The van der Waals surface area contributed by atoms with Crippen molar-refractivity contribution < 1.29 is 14.1 Å². The van der Waals surface area contributed by atoms with E-state index in [-0.39, 0.29) is 17.3 Å². The van der Waals surface area contributed by atoms with Crippen molar-refractivity contribution in [1.82, 2.24) is 4.90 Å². The summed E-state index contributed by atoms with van der Waals surface area (Å²) in [6.45, 7) is 5.26. The first-order chi connectivity index (χ1) is 9.31. The van der Waals surface area contributed by atoms with E-state index >= 15 is 0 Å². The molecule has 0 spiro atoms. The molecule has 110 valence electrons.